The van der Waals surface area contributed by atoms with Gasteiger partial charge in [-0.25, -0.2) is 0 Å². The van der Waals surface area contributed by atoms with E-state index in [0.717, 1.165) is 40.9 Å². The lowest BCUT2D eigenvalue weighted by Crippen LogP contribution is -2.16. The molecule has 0 radical (unpaired) electrons. The van der Waals surface area contributed by atoms with Gasteiger partial charge in [-0.05, 0) is 36.6 Å². The number of aryl methyl sites for hydroxylation is 1. The van der Waals surface area contributed by atoms with Crippen LogP contribution >= 0.6 is 7.60 Å². The SMILES string of the molecule is CCCc1ccc(-c2ccc(CNCCCP(=O)(O)O)nc2-c2ccccc2)cc1. The van der Waals surface area contributed by atoms with Crippen molar-refractivity contribution >= 4 is 7.60 Å². The molecule has 0 aliphatic carbocycles. The van der Waals surface area contributed by atoms with E-state index in [2.05, 4.69) is 54.7 Å². The lowest BCUT2D eigenvalue weighted by atomic mass is 9.97. The Hall–Kier alpha value is -2.30. The van der Waals surface area contributed by atoms with Crippen LogP contribution in [0.1, 0.15) is 31.0 Å². The lowest BCUT2D eigenvalue weighted by molar-refractivity contribution is 0.371. The first-order valence-corrected chi connectivity index (χ1v) is 12.2. The molecule has 0 unspecified atom stereocenters. The summed E-state index contributed by atoms with van der Waals surface area (Å²) < 4.78 is 10.9. The topological polar surface area (TPSA) is 82.5 Å². The molecule has 0 amide bonds. The van der Waals surface area contributed by atoms with Gasteiger partial charge in [-0.2, -0.15) is 0 Å². The third kappa shape index (κ3) is 6.61. The summed E-state index contributed by atoms with van der Waals surface area (Å²) in [4.78, 5) is 22.8. The zero-order valence-corrected chi connectivity index (χ0v) is 18.2. The van der Waals surface area contributed by atoms with E-state index in [1.807, 2.05) is 24.3 Å². The van der Waals surface area contributed by atoms with Gasteiger partial charge in [0.1, 0.15) is 0 Å². The highest BCUT2D eigenvalue weighted by Crippen LogP contribution is 2.34. The molecule has 158 valence electrons. The number of benzene rings is 2. The highest BCUT2D eigenvalue weighted by Gasteiger charge is 2.12. The van der Waals surface area contributed by atoms with Gasteiger partial charge in [-0.3, -0.25) is 9.55 Å². The summed E-state index contributed by atoms with van der Waals surface area (Å²) in [7, 11) is -3.93. The maximum Gasteiger partial charge on any atom is 0.325 e. The van der Waals surface area contributed by atoms with E-state index < -0.39 is 7.60 Å². The minimum absolute atomic E-state index is 0.102. The summed E-state index contributed by atoms with van der Waals surface area (Å²) in [6.45, 7) is 3.27. The van der Waals surface area contributed by atoms with E-state index in [9.17, 15) is 4.57 Å². The Kier molecular flexibility index (Phi) is 7.94. The largest absolute Gasteiger partial charge is 0.325 e. The van der Waals surface area contributed by atoms with Crippen LogP contribution in [-0.4, -0.2) is 27.5 Å². The predicted molar refractivity (Wildman–Crippen MR) is 122 cm³/mol. The summed E-state index contributed by atoms with van der Waals surface area (Å²) in [5.41, 5.74) is 6.47. The van der Waals surface area contributed by atoms with Crippen molar-refractivity contribution in [2.75, 3.05) is 12.7 Å². The molecule has 30 heavy (non-hydrogen) atoms. The Bertz CT molecular complexity index is 985. The first kappa shape index (κ1) is 22.4. The monoisotopic (exact) mass is 424 g/mol. The highest BCUT2D eigenvalue weighted by molar-refractivity contribution is 7.51. The Morgan fingerprint density at radius 2 is 1.67 bits per heavy atom. The number of hydrogen-bond donors (Lipinski definition) is 3. The summed E-state index contributed by atoms with van der Waals surface area (Å²) in [6, 6.07) is 23.0. The maximum absolute atomic E-state index is 10.9. The van der Waals surface area contributed by atoms with E-state index in [4.69, 9.17) is 14.8 Å². The molecule has 5 nitrogen and oxygen atoms in total. The predicted octanol–water partition coefficient (Wildman–Crippen LogP) is 5.03. The van der Waals surface area contributed by atoms with Crippen LogP contribution < -0.4 is 5.32 Å². The molecule has 1 heterocycles. The summed E-state index contributed by atoms with van der Waals surface area (Å²) in [5.74, 6) is 0. The van der Waals surface area contributed by atoms with Crippen molar-refractivity contribution in [2.45, 2.75) is 32.7 Å². The second kappa shape index (κ2) is 10.6. The first-order chi connectivity index (χ1) is 14.5. The number of aromatic nitrogens is 1. The zero-order valence-electron chi connectivity index (χ0n) is 17.3. The number of hydrogen-bond acceptors (Lipinski definition) is 3. The third-order valence-electron chi connectivity index (χ3n) is 4.91. The minimum atomic E-state index is -3.93. The Morgan fingerprint density at radius 1 is 0.933 bits per heavy atom. The number of pyridine rings is 1. The molecular weight excluding hydrogens is 395 g/mol. The second-order valence-electron chi connectivity index (χ2n) is 7.43. The molecule has 0 spiro atoms. The van der Waals surface area contributed by atoms with Gasteiger partial charge in [0.25, 0.3) is 0 Å². The summed E-state index contributed by atoms with van der Waals surface area (Å²) in [6.07, 6.45) is 2.54. The average Bonchev–Trinajstić information content (AvgIpc) is 2.74. The molecule has 3 N–H and O–H groups in total. The molecule has 0 aliphatic heterocycles. The smallest absolute Gasteiger partial charge is 0.324 e. The van der Waals surface area contributed by atoms with Gasteiger partial charge in [0.05, 0.1) is 17.5 Å². The van der Waals surface area contributed by atoms with Crippen LogP contribution in [-0.2, 0) is 17.5 Å². The first-order valence-electron chi connectivity index (χ1n) is 10.4. The number of nitrogens with zero attached hydrogens (tertiary/aromatic N) is 1. The molecule has 0 aliphatic rings. The van der Waals surface area contributed by atoms with Crippen molar-refractivity contribution < 1.29 is 14.4 Å². The highest BCUT2D eigenvalue weighted by atomic mass is 31.2. The Balaban J connectivity index is 1.80. The fourth-order valence-corrected chi connectivity index (χ4v) is 3.98. The molecule has 3 rings (SSSR count). The van der Waals surface area contributed by atoms with Crippen molar-refractivity contribution in [1.82, 2.24) is 10.3 Å². The fraction of sp³-hybridized carbons (Fsp3) is 0.292. The summed E-state index contributed by atoms with van der Waals surface area (Å²) >= 11 is 0. The van der Waals surface area contributed by atoms with Gasteiger partial charge in [-0.15, -0.1) is 0 Å². The van der Waals surface area contributed by atoms with Crippen molar-refractivity contribution in [2.24, 2.45) is 0 Å². The van der Waals surface area contributed by atoms with E-state index in [1.165, 1.54) is 5.56 Å². The normalized spacial score (nSPS) is 11.6. The van der Waals surface area contributed by atoms with Crippen LogP contribution in [0.2, 0.25) is 0 Å². The quantitative estimate of drug-likeness (QED) is 0.314. The van der Waals surface area contributed by atoms with E-state index >= 15 is 0 Å². The molecule has 6 heteroatoms. The van der Waals surface area contributed by atoms with Crippen LogP contribution in [0.15, 0.2) is 66.7 Å². The second-order valence-corrected chi connectivity index (χ2v) is 9.21. The number of rotatable bonds is 10. The van der Waals surface area contributed by atoms with Gasteiger partial charge in [0.15, 0.2) is 0 Å². The summed E-state index contributed by atoms with van der Waals surface area (Å²) in [5, 5.41) is 3.23. The zero-order chi connectivity index (χ0) is 21.4. The molecule has 0 bridgehead atoms. The lowest BCUT2D eigenvalue weighted by Gasteiger charge is -2.13. The average molecular weight is 424 g/mol. The molecule has 0 saturated heterocycles. The van der Waals surface area contributed by atoms with Crippen molar-refractivity contribution in [3.63, 3.8) is 0 Å². The van der Waals surface area contributed by atoms with Crippen molar-refractivity contribution in [3.05, 3.63) is 78.0 Å². The molecule has 1 aromatic heterocycles. The van der Waals surface area contributed by atoms with Crippen molar-refractivity contribution in [3.8, 4) is 22.4 Å². The van der Waals surface area contributed by atoms with E-state index in [0.29, 0.717) is 19.5 Å². The van der Waals surface area contributed by atoms with E-state index in [-0.39, 0.29) is 6.16 Å². The molecule has 0 atom stereocenters. The van der Waals surface area contributed by atoms with Gasteiger partial charge >= 0.3 is 7.60 Å². The standard InChI is InChI=1S/C24H29N2O3P/c1-2-7-19-10-12-20(13-11-19)23-15-14-22(18-25-16-6-17-30(27,28)29)26-24(23)21-8-4-3-5-9-21/h3-5,8-15,25H,2,6-7,16-18H2,1H3,(H2,27,28,29). The molecule has 2 aromatic carbocycles. The third-order valence-corrected chi connectivity index (χ3v) is 5.81. The van der Waals surface area contributed by atoms with Gasteiger partial charge in [-0.1, -0.05) is 74.0 Å². The van der Waals surface area contributed by atoms with Crippen LogP contribution in [0.5, 0.6) is 0 Å². The van der Waals surface area contributed by atoms with Crippen LogP contribution in [0, 0.1) is 0 Å². The van der Waals surface area contributed by atoms with Crippen LogP contribution in [0.4, 0.5) is 0 Å². The van der Waals surface area contributed by atoms with E-state index in [1.54, 1.807) is 0 Å². The maximum atomic E-state index is 10.9. The Labute approximate surface area is 178 Å². The Morgan fingerprint density at radius 3 is 2.33 bits per heavy atom. The molecule has 3 aromatic rings. The van der Waals surface area contributed by atoms with Crippen LogP contribution in [0.25, 0.3) is 22.4 Å². The molecular formula is C24H29N2O3P. The van der Waals surface area contributed by atoms with Gasteiger partial charge < -0.3 is 15.1 Å². The molecule has 0 fully saturated rings. The minimum Gasteiger partial charge on any atom is -0.324 e. The number of nitrogens with one attached hydrogen (secondary N) is 1. The van der Waals surface area contributed by atoms with Crippen LogP contribution in [0.3, 0.4) is 0 Å². The molecule has 0 saturated carbocycles. The van der Waals surface area contributed by atoms with Gasteiger partial charge in [0.2, 0.25) is 0 Å². The van der Waals surface area contributed by atoms with Crippen molar-refractivity contribution in [1.29, 1.82) is 0 Å². The van der Waals surface area contributed by atoms with Gasteiger partial charge in [0, 0.05) is 17.7 Å². The fourth-order valence-electron chi connectivity index (χ4n) is 3.41.